The number of likely N-dealkylation sites (N-methyl/N-ethyl adjacent to an activating group) is 1. The second kappa shape index (κ2) is 19.8. The van der Waals surface area contributed by atoms with Crippen molar-refractivity contribution in [2.24, 2.45) is 5.92 Å². The van der Waals surface area contributed by atoms with E-state index < -0.39 is 57.9 Å². The first-order chi connectivity index (χ1) is 26.3. The molecule has 7 atom stereocenters. The summed E-state index contributed by atoms with van der Waals surface area (Å²) in [4.78, 5) is 53.7. The highest BCUT2D eigenvalue weighted by atomic mass is 17.0. The van der Waals surface area contributed by atoms with Gasteiger partial charge >= 0.3 is 17.9 Å². The fourth-order valence-electron chi connectivity index (χ4n) is 8.11. The van der Waals surface area contributed by atoms with E-state index in [2.05, 4.69) is 6.07 Å². The van der Waals surface area contributed by atoms with Crippen LogP contribution >= 0.6 is 0 Å². The normalized spacial score (nSPS) is 20.8. The summed E-state index contributed by atoms with van der Waals surface area (Å²) in [5.41, 5.74) is -4.16. The minimum Gasteiger partial charge on any atom is -0.493 e. The number of para-hydroxylation sites is 1. The van der Waals surface area contributed by atoms with E-state index in [1.165, 1.54) is 26.4 Å². The SMILES string of the molecule is COc1ccc(C(C#N)(CCC[N+](C)(CCc2ccccc2OC(C(=O)O)C(O)(C(=O)O)C(OC)C(=O)O)C2(C)CCCCC2O[N+](=O)[O-])C(C)C)cc1OC.O. The third-order valence-electron chi connectivity index (χ3n) is 11.8. The van der Waals surface area contributed by atoms with Crippen LogP contribution in [-0.2, 0) is 35.8 Å². The van der Waals surface area contributed by atoms with Crippen molar-refractivity contribution in [3.63, 3.8) is 0 Å². The summed E-state index contributed by atoms with van der Waals surface area (Å²) in [6.07, 6.45) is -2.32. The van der Waals surface area contributed by atoms with E-state index in [9.17, 15) is 50.2 Å². The first-order valence-corrected chi connectivity index (χ1v) is 18.3. The molecule has 2 aromatic carbocycles. The Hall–Kier alpha value is -5.22. The van der Waals surface area contributed by atoms with Crippen molar-refractivity contribution >= 4 is 17.9 Å². The van der Waals surface area contributed by atoms with Gasteiger partial charge in [-0.3, -0.25) is 0 Å². The first kappa shape index (κ1) is 47.9. The Kier molecular flexibility index (Phi) is 16.6. The van der Waals surface area contributed by atoms with Crippen LogP contribution in [0.15, 0.2) is 42.5 Å². The lowest BCUT2D eigenvalue weighted by Crippen LogP contribution is -2.68. The maximum Gasteiger partial charge on any atom is 0.348 e. The molecule has 2 aromatic rings. The van der Waals surface area contributed by atoms with E-state index in [0.29, 0.717) is 55.8 Å². The molecule has 0 radical (unpaired) electrons. The largest absolute Gasteiger partial charge is 0.493 e. The zero-order valence-corrected chi connectivity index (χ0v) is 33.4. The third-order valence-corrected chi connectivity index (χ3v) is 11.8. The van der Waals surface area contributed by atoms with Gasteiger partial charge in [0.15, 0.2) is 23.7 Å². The molecular weight excluding hydrogens is 750 g/mol. The average molecular weight is 807 g/mol. The number of ether oxygens (including phenoxy) is 4. The first-order valence-electron chi connectivity index (χ1n) is 18.3. The van der Waals surface area contributed by atoms with E-state index in [1.54, 1.807) is 24.3 Å². The van der Waals surface area contributed by atoms with Crippen LogP contribution in [-0.4, -0.2) is 124 Å². The second-order valence-corrected chi connectivity index (χ2v) is 15.0. The number of hydrogen-bond acceptors (Lipinski definition) is 12. The Balaban J connectivity index is 0.0000112. The van der Waals surface area contributed by atoms with Gasteiger partial charge in [0.1, 0.15) is 11.3 Å². The molecule has 1 aliphatic carbocycles. The van der Waals surface area contributed by atoms with Crippen LogP contribution in [0.3, 0.4) is 0 Å². The Morgan fingerprint density at radius 1 is 1.00 bits per heavy atom. The molecule has 0 amide bonds. The van der Waals surface area contributed by atoms with Crippen LogP contribution in [0.25, 0.3) is 0 Å². The molecule has 18 nitrogen and oxygen atoms in total. The van der Waals surface area contributed by atoms with Crippen molar-refractivity contribution in [3.8, 4) is 23.3 Å². The summed E-state index contributed by atoms with van der Waals surface area (Å²) >= 11 is 0. The van der Waals surface area contributed by atoms with Crippen molar-refractivity contribution < 1.29 is 73.6 Å². The Labute approximate surface area is 331 Å². The minimum atomic E-state index is -3.55. The maximum absolute atomic E-state index is 12.4. The fraction of sp³-hybridized carbons (Fsp3) is 0.590. The topological polar surface area (TPSA) is 277 Å². The molecule has 0 heterocycles. The molecule has 0 aromatic heterocycles. The molecule has 0 saturated heterocycles. The van der Waals surface area contributed by atoms with Crippen LogP contribution in [0.2, 0.25) is 0 Å². The van der Waals surface area contributed by atoms with E-state index in [1.807, 2.05) is 33.9 Å². The van der Waals surface area contributed by atoms with E-state index in [0.717, 1.165) is 25.5 Å². The van der Waals surface area contributed by atoms with Crippen molar-refractivity contribution in [1.82, 2.24) is 0 Å². The summed E-state index contributed by atoms with van der Waals surface area (Å²) in [6.45, 7) is 6.61. The molecule has 0 bridgehead atoms. The molecule has 18 heteroatoms. The molecule has 3 rings (SSSR count). The second-order valence-electron chi connectivity index (χ2n) is 15.0. The van der Waals surface area contributed by atoms with E-state index >= 15 is 0 Å². The van der Waals surface area contributed by atoms with Crippen LogP contribution < -0.4 is 14.2 Å². The lowest BCUT2D eigenvalue weighted by molar-refractivity contribution is -0.970. The Morgan fingerprint density at radius 2 is 1.63 bits per heavy atom. The van der Waals surface area contributed by atoms with Gasteiger partial charge in [0, 0.05) is 20.0 Å². The zero-order valence-electron chi connectivity index (χ0n) is 33.4. The van der Waals surface area contributed by atoms with Gasteiger partial charge < -0.3 is 54.2 Å². The molecule has 1 aliphatic rings. The number of nitriles is 1. The van der Waals surface area contributed by atoms with E-state index in [-0.39, 0.29) is 28.0 Å². The summed E-state index contributed by atoms with van der Waals surface area (Å²) in [5.74, 6) is -5.33. The fourth-order valence-corrected chi connectivity index (χ4v) is 8.11. The average Bonchev–Trinajstić information content (AvgIpc) is 3.15. The van der Waals surface area contributed by atoms with Crippen molar-refractivity contribution in [3.05, 3.63) is 63.7 Å². The number of nitrogens with zero attached hydrogens (tertiary/aromatic N) is 3. The number of carboxylic acid groups (broad SMARTS) is 3. The zero-order chi connectivity index (χ0) is 42.1. The number of carboxylic acids is 3. The predicted molar refractivity (Wildman–Crippen MR) is 202 cm³/mol. The summed E-state index contributed by atoms with van der Waals surface area (Å²) < 4.78 is 21.6. The quantitative estimate of drug-likeness (QED) is 0.0754. The highest BCUT2D eigenvalue weighted by Gasteiger charge is 2.60. The highest BCUT2D eigenvalue weighted by Crippen LogP contribution is 2.44. The molecule has 316 valence electrons. The molecule has 6 N–H and O–H groups in total. The molecule has 57 heavy (non-hydrogen) atoms. The number of methoxy groups -OCH3 is 3. The summed E-state index contributed by atoms with van der Waals surface area (Å²) in [7, 11) is 5.82. The maximum atomic E-state index is 12.4. The van der Waals surface area contributed by atoms with E-state index in [4.69, 9.17) is 23.8 Å². The molecule has 1 fully saturated rings. The third kappa shape index (κ3) is 9.85. The lowest BCUT2D eigenvalue weighted by atomic mass is 9.69. The monoisotopic (exact) mass is 806 g/mol. The highest BCUT2D eigenvalue weighted by molar-refractivity contribution is 5.93. The molecule has 0 spiro atoms. The van der Waals surface area contributed by atoms with Crippen LogP contribution in [0, 0.1) is 27.4 Å². The van der Waals surface area contributed by atoms with Gasteiger partial charge in [0.2, 0.25) is 11.7 Å². The number of benzene rings is 2. The number of carbonyl (C=O) groups is 3. The lowest BCUT2D eigenvalue weighted by Gasteiger charge is -2.54. The van der Waals surface area contributed by atoms with Crippen LogP contribution in [0.4, 0.5) is 0 Å². The number of aliphatic carboxylic acids is 3. The standard InChI is InChI=1S/C39H53N3O14.H2O/c1-25(2)38(24-40,27-16-17-29(52-5)30(23-27)53-6)20-12-21-42(4,37(3)19-11-10-15-31(37)56-41(50)51)22-18-26-13-8-9-14-28(26)55-33(35(45)46)39(49,36(47)48)32(54-7)34(43)44;/h8-9,13-14,16-17,23,25,31-33,49H,10-12,15,18-22H2,1-7H3,(H2-,43,44,45,46,47,48);1H2/p+1. The van der Waals surface area contributed by atoms with Gasteiger partial charge in [-0.1, -0.05) is 44.5 Å². The van der Waals surface area contributed by atoms with Gasteiger partial charge in [-0.15, -0.1) is 10.1 Å². The predicted octanol–water partition coefficient (Wildman–Crippen LogP) is 3.42. The molecule has 0 aliphatic heterocycles. The van der Waals surface area contributed by atoms with Gasteiger partial charge in [-0.2, -0.15) is 5.26 Å². The number of aliphatic hydroxyl groups is 1. The van der Waals surface area contributed by atoms with Crippen molar-refractivity contribution in [1.29, 1.82) is 5.26 Å². The van der Waals surface area contributed by atoms with Gasteiger partial charge in [0.05, 0.1) is 45.8 Å². The van der Waals surface area contributed by atoms with Gasteiger partial charge in [-0.25, -0.2) is 14.4 Å². The van der Waals surface area contributed by atoms with Crippen LogP contribution in [0.5, 0.6) is 17.2 Å². The Bertz CT molecular complexity index is 1770. The molecule has 1 saturated carbocycles. The van der Waals surface area contributed by atoms with Gasteiger partial charge in [-0.05, 0) is 67.9 Å². The van der Waals surface area contributed by atoms with Gasteiger partial charge in [0.25, 0.3) is 5.09 Å². The summed E-state index contributed by atoms with van der Waals surface area (Å²) in [6, 6.07) is 14.1. The molecular formula is C39H56N3O15+. The Morgan fingerprint density at radius 3 is 2.16 bits per heavy atom. The summed E-state index contributed by atoms with van der Waals surface area (Å²) in [5, 5.41) is 62.4. The van der Waals surface area contributed by atoms with Crippen molar-refractivity contribution in [2.45, 2.75) is 101 Å². The van der Waals surface area contributed by atoms with Crippen LogP contribution in [0.1, 0.15) is 70.4 Å². The number of quaternary nitrogens is 1. The smallest absolute Gasteiger partial charge is 0.348 e. The minimum absolute atomic E-state index is 0. The number of rotatable bonds is 22. The molecule has 7 unspecified atom stereocenters. The van der Waals surface area contributed by atoms with Crippen molar-refractivity contribution in [2.75, 3.05) is 41.5 Å². The number of hydrogen-bond donors (Lipinski definition) is 4.